The maximum absolute atomic E-state index is 5.29. The van der Waals surface area contributed by atoms with Crippen molar-refractivity contribution in [2.45, 2.75) is 35.5 Å². The third-order valence-electron chi connectivity index (χ3n) is 4.87. The second-order valence-electron chi connectivity index (χ2n) is 6.82. The van der Waals surface area contributed by atoms with Crippen LogP contribution in [0.5, 0.6) is 0 Å². The van der Waals surface area contributed by atoms with Crippen molar-refractivity contribution in [3.05, 3.63) is 42.1 Å². The van der Waals surface area contributed by atoms with Crippen LogP contribution in [0.15, 0.2) is 44.9 Å². The van der Waals surface area contributed by atoms with E-state index < -0.39 is 0 Å². The first-order chi connectivity index (χ1) is 14.3. The highest BCUT2D eigenvalue weighted by molar-refractivity contribution is 7.99. The lowest BCUT2D eigenvalue weighted by Gasteiger charge is -2.19. The predicted molar refractivity (Wildman–Crippen MR) is 113 cm³/mol. The van der Waals surface area contributed by atoms with Gasteiger partial charge in [-0.2, -0.15) is 4.37 Å². The van der Waals surface area contributed by atoms with Crippen LogP contribution in [0.2, 0.25) is 0 Å². The Kier molecular flexibility index (Phi) is 5.13. The minimum Gasteiger partial charge on any atom is -0.336 e. The summed E-state index contributed by atoms with van der Waals surface area (Å²) >= 11 is 2.98. The molecule has 10 heteroatoms. The zero-order chi connectivity index (χ0) is 19.6. The molecule has 5 heterocycles. The molecule has 1 aliphatic heterocycles. The Balaban J connectivity index is 1.40. The van der Waals surface area contributed by atoms with Gasteiger partial charge < -0.3 is 15.2 Å². The van der Waals surface area contributed by atoms with Gasteiger partial charge >= 0.3 is 0 Å². The van der Waals surface area contributed by atoms with Gasteiger partial charge in [-0.05, 0) is 51.1 Å². The third-order valence-corrected chi connectivity index (χ3v) is 6.62. The van der Waals surface area contributed by atoms with Crippen LogP contribution >= 0.6 is 23.3 Å². The van der Waals surface area contributed by atoms with Gasteiger partial charge in [-0.3, -0.25) is 0 Å². The third kappa shape index (κ3) is 3.83. The number of nitrogens with zero attached hydrogens (tertiary/aromatic N) is 5. The number of hydrogen-bond donors (Lipinski definition) is 2. The number of piperidine rings is 1. The Bertz CT molecular complexity index is 1140. The van der Waals surface area contributed by atoms with Gasteiger partial charge in [0.25, 0.3) is 5.71 Å². The molecular weight excluding hydrogens is 406 g/mol. The molecule has 0 aromatic carbocycles. The van der Waals surface area contributed by atoms with E-state index in [0.717, 1.165) is 63.6 Å². The summed E-state index contributed by atoms with van der Waals surface area (Å²) in [7, 11) is 0. The van der Waals surface area contributed by atoms with Crippen LogP contribution in [-0.4, -0.2) is 37.6 Å². The molecule has 8 nitrogen and oxygen atoms in total. The summed E-state index contributed by atoms with van der Waals surface area (Å²) in [5, 5.41) is 12.5. The van der Waals surface area contributed by atoms with E-state index in [9.17, 15) is 0 Å². The summed E-state index contributed by atoms with van der Waals surface area (Å²) in [6.07, 6.45) is 5.66. The van der Waals surface area contributed by atoms with Crippen LogP contribution in [0.25, 0.3) is 11.1 Å². The Morgan fingerprint density at radius 3 is 2.97 bits per heavy atom. The minimum absolute atomic E-state index is 0.433. The fourth-order valence-electron chi connectivity index (χ4n) is 3.39. The van der Waals surface area contributed by atoms with Crippen molar-refractivity contribution in [1.29, 1.82) is 0 Å². The molecule has 5 rings (SSSR count). The SMILES string of the molecule is Cc1noc2nccc(Sc3cccnc3Nc3nc(C4CCNCC4)ns3)c12. The number of fused-ring (bicyclic) bond motifs is 1. The van der Waals surface area contributed by atoms with E-state index in [-0.39, 0.29) is 0 Å². The van der Waals surface area contributed by atoms with Crippen molar-refractivity contribution >= 4 is 45.3 Å². The maximum atomic E-state index is 5.29. The highest BCUT2D eigenvalue weighted by atomic mass is 32.2. The molecule has 0 atom stereocenters. The van der Waals surface area contributed by atoms with Crippen LogP contribution in [0.1, 0.15) is 30.3 Å². The number of anilines is 2. The fourth-order valence-corrected chi connectivity index (χ4v) is 5.09. The summed E-state index contributed by atoms with van der Waals surface area (Å²) < 4.78 is 9.86. The summed E-state index contributed by atoms with van der Waals surface area (Å²) in [4.78, 5) is 15.5. The van der Waals surface area contributed by atoms with E-state index >= 15 is 0 Å². The Morgan fingerprint density at radius 2 is 2.07 bits per heavy atom. The largest absolute Gasteiger partial charge is 0.336 e. The van der Waals surface area contributed by atoms with E-state index in [1.165, 1.54) is 11.5 Å². The van der Waals surface area contributed by atoms with E-state index in [1.807, 2.05) is 25.1 Å². The van der Waals surface area contributed by atoms with E-state index in [4.69, 9.17) is 9.51 Å². The Hall–Kier alpha value is -2.56. The summed E-state index contributed by atoms with van der Waals surface area (Å²) in [5.74, 6) is 2.12. The fraction of sp³-hybridized carbons (Fsp3) is 0.316. The van der Waals surface area contributed by atoms with Gasteiger partial charge in [0.1, 0.15) is 11.6 Å². The average molecular weight is 426 g/mol. The van der Waals surface area contributed by atoms with Crippen molar-refractivity contribution in [2.24, 2.45) is 0 Å². The highest BCUT2D eigenvalue weighted by Crippen LogP contribution is 2.38. The standard InChI is InChI=1S/C19H19N7OS2/c1-11-15-13(6-10-22-18(15)27-25-11)28-14-3-2-7-21-17(14)24-19-23-16(26-29-19)12-4-8-20-9-5-12/h2-3,6-7,10,12,20H,4-5,8-9H2,1H3,(H,21,23,24,26). The van der Waals surface area contributed by atoms with Crippen molar-refractivity contribution < 1.29 is 4.52 Å². The van der Waals surface area contributed by atoms with Crippen LogP contribution < -0.4 is 10.6 Å². The lowest BCUT2D eigenvalue weighted by molar-refractivity contribution is 0.443. The maximum Gasteiger partial charge on any atom is 0.259 e. The zero-order valence-corrected chi connectivity index (χ0v) is 17.4. The lowest BCUT2D eigenvalue weighted by atomic mass is 9.98. The predicted octanol–water partition coefficient (Wildman–Crippen LogP) is 4.14. The van der Waals surface area contributed by atoms with Gasteiger partial charge in [0.05, 0.1) is 16.0 Å². The van der Waals surface area contributed by atoms with E-state index in [2.05, 4.69) is 30.1 Å². The summed E-state index contributed by atoms with van der Waals surface area (Å²) in [5.41, 5.74) is 1.37. The normalized spacial score (nSPS) is 15.1. The lowest BCUT2D eigenvalue weighted by Crippen LogP contribution is -2.27. The molecule has 148 valence electrons. The molecule has 1 fully saturated rings. The molecule has 0 unspecified atom stereocenters. The van der Waals surface area contributed by atoms with Gasteiger partial charge in [-0.1, -0.05) is 16.9 Å². The molecular formula is C19H19N7OS2. The van der Waals surface area contributed by atoms with Crippen LogP contribution in [0.4, 0.5) is 10.9 Å². The van der Waals surface area contributed by atoms with Crippen molar-refractivity contribution in [3.8, 4) is 0 Å². The zero-order valence-electron chi connectivity index (χ0n) is 15.8. The monoisotopic (exact) mass is 425 g/mol. The van der Waals surface area contributed by atoms with Crippen LogP contribution in [0, 0.1) is 6.92 Å². The molecule has 0 radical (unpaired) electrons. The molecule has 2 N–H and O–H groups in total. The van der Waals surface area contributed by atoms with Gasteiger partial charge in [-0.25, -0.2) is 15.0 Å². The number of aryl methyl sites for hydroxylation is 1. The van der Waals surface area contributed by atoms with Gasteiger partial charge in [-0.15, -0.1) is 0 Å². The van der Waals surface area contributed by atoms with Gasteiger partial charge in [0.2, 0.25) is 5.13 Å². The first-order valence-electron chi connectivity index (χ1n) is 9.43. The number of hydrogen-bond acceptors (Lipinski definition) is 10. The smallest absolute Gasteiger partial charge is 0.259 e. The van der Waals surface area contributed by atoms with Crippen molar-refractivity contribution in [1.82, 2.24) is 29.8 Å². The molecule has 0 bridgehead atoms. The quantitative estimate of drug-likeness (QED) is 0.488. The highest BCUT2D eigenvalue weighted by Gasteiger charge is 2.20. The second kappa shape index (κ2) is 8.05. The van der Waals surface area contributed by atoms with Crippen LogP contribution in [0.3, 0.4) is 0 Å². The number of nitrogens with one attached hydrogen (secondary N) is 2. The topological polar surface area (TPSA) is 102 Å². The van der Waals surface area contributed by atoms with Gasteiger partial charge in [0.15, 0.2) is 0 Å². The minimum atomic E-state index is 0.433. The number of aromatic nitrogens is 5. The molecule has 0 spiro atoms. The molecule has 0 amide bonds. The number of rotatable bonds is 5. The molecule has 0 aliphatic carbocycles. The molecule has 1 aliphatic rings. The first kappa shape index (κ1) is 18.5. The molecule has 1 saturated heterocycles. The van der Waals surface area contributed by atoms with Crippen LogP contribution in [-0.2, 0) is 0 Å². The van der Waals surface area contributed by atoms with Crippen molar-refractivity contribution in [3.63, 3.8) is 0 Å². The first-order valence-corrected chi connectivity index (χ1v) is 11.0. The molecule has 29 heavy (non-hydrogen) atoms. The second-order valence-corrected chi connectivity index (χ2v) is 8.65. The van der Waals surface area contributed by atoms with Crippen molar-refractivity contribution in [2.75, 3.05) is 18.4 Å². The molecule has 4 aromatic heterocycles. The molecule has 0 saturated carbocycles. The summed E-state index contributed by atoms with van der Waals surface area (Å²) in [6, 6.07) is 5.92. The Morgan fingerprint density at radius 1 is 1.17 bits per heavy atom. The summed E-state index contributed by atoms with van der Waals surface area (Å²) in [6.45, 7) is 3.97. The average Bonchev–Trinajstić information content (AvgIpc) is 3.38. The van der Waals surface area contributed by atoms with E-state index in [1.54, 1.807) is 24.2 Å². The number of pyridine rings is 2. The van der Waals surface area contributed by atoms with E-state index in [0.29, 0.717) is 11.6 Å². The molecule has 4 aromatic rings. The van der Waals surface area contributed by atoms with Gasteiger partial charge in [0, 0.05) is 34.7 Å². The Labute approximate surface area is 175 Å².